The quantitative estimate of drug-likeness (QED) is 0.592. The molecule has 0 bridgehead atoms. The van der Waals surface area contributed by atoms with E-state index >= 15 is 0 Å². The predicted molar refractivity (Wildman–Crippen MR) is 53.7 cm³/mol. The summed E-state index contributed by atoms with van der Waals surface area (Å²) in [6.07, 6.45) is 1.49. The number of rotatable bonds is 0. The Bertz CT molecular complexity index is 269. The van der Waals surface area contributed by atoms with Gasteiger partial charge in [-0.1, -0.05) is 20.8 Å². The molecule has 0 aliphatic carbocycles. The van der Waals surface area contributed by atoms with E-state index in [1.54, 1.807) is 0 Å². The molecule has 3 heteroatoms. The first-order valence-corrected chi connectivity index (χ1v) is 5.31. The van der Waals surface area contributed by atoms with Gasteiger partial charge in [-0.3, -0.25) is 4.79 Å². The molecule has 2 fully saturated rings. The molecule has 2 aliphatic heterocycles. The van der Waals surface area contributed by atoms with E-state index in [0.717, 1.165) is 6.42 Å². The number of amides is 1. The standard InChI is InChI=1S/C11H19NO2/c1-10(2,3)8-7-14-11(4)6-5-9(13)12(8)11/h8H,5-7H2,1-4H3. The number of hydrogen-bond donors (Lipinski definition) is 0. The summed E-state index contributed by atoms with van der Waals surface area (Å²) in [7, 11) is 0. The summed E-state index contributed by atoms with van der Waals surface area (Å²) in [4.78, 5) is 13.7. The van der Waals surface area contributed by atoms with Crippen molar-refractivity contribution in [1.82, 2.24) is 4.90 Å². The molecule has 0 radical (unpaired) electrons. The van der Waals surface area contributed by atoms with Crippen LogP contribution in [0.1, 0.15) is 40.5 Å². The van der Waals surface area contributed by atoms with E-state index in [2.05, 4.69) is 20.8 Å². The summed E-state index contributed by atoms with van der Waals surface area (Å²) >= 11 is 0. The van der Waals surface area contributed by atoms with Gasteiger partial charge in [-0.05, 0) is 12.3 Å². The lowest BCUT2D eigenvalue weighted by Crippen LogP contribution is -2.48. The molecule has 1 amide bonds. The van der Waals surface area contributed by atoms with Crippen molar-refractivity contribution in [3.63, 3.8) is 0 Å². The summed E-state index contributed by atoms with van der Waals surface area (Å²) in [5.74, 6) is 0.255. The minimum atomic E-state index is -0.310. The number of ether oxygens (including phenoxy) is 1. The summed E-state index contributed by atoms with van der Waals surface area (Å²) in [5, 5.41) is 0. The highest BCUT2D eigenvalue weighted by atomic mass is 16.5. The normalized spacial score (nSPS) is 37.9. The first-order chi connectivity index (χ1) is 6.34. The maximum atomic E-state index is 11.8. The summed E-state index contributed by atoms with van der Waals surface area (Å²) in [6.45, 7) is 9.21. The monoisotopic (exact) mass is 197 g/mol. The second kappa shape index (κ2) is 2.72. The third-order valence-electron chi connectivity index (χ3n) is 3.44. The molecule has 80 valence electrons. The van der Waals surface area contributed by atoms with Crippen molar-refractivity contribution < 1.29 is 9.53 Å². The summed E-state index contributed by atoms with van der Waals surface area (Å²) < 4.78 is 5.78. The van der Waals surface area contributed by atoms with Gasteiger partial charge in [0.05, 0.1) is 12.6 Å². The van der Waals surface area contributed by atoms with Gasteiger partial charge in [-0.2, -0.15) is 0 Å². The highest BCUT2D eigenvalue weighted by Crippen LogP contribution is 2.43. The molecule has 0 spiro atoms. The lowest BCUT2D eigenvalue weighted by Gasteiger charge is -2.36. The molecule has 0 saturated carbocycles. The Morgan fingerprint density at radius 3 is 2.71 bits per heavy atom. The third-order valence-corrected chi connectivity index (χ3v) is 3.44. The van der Waals surface area contributed by atoms with Gasteiger partial charge in [0.2, 0.25) is 5.91 Å². The van der Waals surface area contributed by atoms with E-state index < -0.39 is 0 Å². The fourth-order valence-corrected chi connectivity index (χ4v) is 2.46. The number of fused-ring (bicyclic) bond motifs is 1. The van der Waals surface area contributed by atoms with E-state index in [4.69, 9.17) is 4.74 Å². The molecule has 0 aromatic rings. The fourth-order valence-electron chi connectivity index (χ4n) is 2.46. The van der Waals surface area contributed by atoms with E-state index in [0.29, 0.717) is 13.0 Å². The lowest BCUT2D eigenvalue weighted by atomic mass is 9.86. The summed E-state index contributed by atoms with van der Waals surface area (Å²) in [5.41, 5.74) is -0.202. The topological polar surface area (TPSA) is 29.5 Å². The minimum Gasteiger partial charge on any atom is -0.354 e. The van der Waals surface area contributed by atoms with E-state index in [1.165, 1.54) is 0 Å². The molecule has 0 N–H and O–H groups in total. The van der Waals surface area contributed by atoms with Crippen LogP contribution in [0, 0.1) is 5.41 Å². The molecule has 3 nitrogen and oxygen atoms in total. The van der Waals surface area contributed by atoms with Crippen molar-refractivity contribution >= 4 is 5.91 Å². The zero-order chi connectivity index (χ0) is 10.6. The van der Waals surface area contributed by atoms with E-state index in [-0.39, 0.29) is 23.1 Å². The van der Waals surface area contributed by atoms with Crippen LogP contribution >= 0.6 is 0 Å². The van der Waals surface area contributed by atoms with Gasteiger partial charge in [0, 0.05) is 12.8 Å². The van der Waals surface area contributed by atoms with Crippen molar-refractivity contribution in [2.24, 2.45) is 5.41 Å². The van der Waals surface area contributed by atoms with Gasteiger partial charge in [0.1, 0.15) is 5.72 Å². The maximum absolute atomic E-state index is 11.8. The highest BCUT2D eigenvalue weighted by Gasteiger charge is 2.54. The zero-order valence-corrected chi connectivity index (χ0v) is 9.46. The van der Waals surface area contributed by atoms with Crippen LogP contribution in [0.3, 0.4) is 0 Å². The van der Waals surface area contributed by atoms with Crippen LogP contribution in [-0.4, -0.2) is 29.2 Å². The summed E-state index contributed by atoms with van der Waals surface area (Å²) in [6, 6.07) is 0.238. The molecule has 0 aromatic carbocycles. The van der Waals surface area contributed by atoms with E-state index in [9.17, 15) is 4.79 Å². The van der Waals surface area contributed by atoms with Gasteiger partial charge in [0.25, 0.3) is 0 Å². The Hall–Kier alpha value is -0.570. The molecular weight excluding hydrogens is 178 g/mol. The minimum absolute atomic E-state index is 0.109. The van der Waals surface area contributed by atoms with Gasteiger partial charge in [-0.15, -0.1) is 0 Å². The van der Waals surface area contributed by atoms with Crippen LogP contribution in [0.4, 0.5) is 0 Å². The Balaban J connectivity index is 2.29. The first-order valence-electron chi connectivity index (χ1n) is 5.31. The van der Waals surface area contributed by atoms with Gasteiger partial charge >= 0.3 is 0 Å². The van der Waals surface area contributed by atoms with Crippen LogP contribution in [0.5, 0.6) is 0 Å². The maximum Gasteiger partial charge on any atom is 0.225 e. The average molecular weight is 197 g/mol. The van der Waals surface area contributed by atoms with Gasteiger partial charge in [0.15, 0.2) is 0 Å². The number of carbonyl (C=O) groups excluding carboxylic acids is 1. The number of nitrogens with zero attached hydrogens (tertiary/aromatic N) is 1. The van der Waals surface area contributed by atoms with Crippen LogP contribution in [0.2, 0.25) is 0 Å². The van der Waals surface area contributed by atoms with Gasteiger partial charge < -0.3 is 9.64 Å². The SMILES string of the molecule is CC(C)(C)C1COC2(C)CCC(=O)N12. The van der Waals surface area contributed by atoms with Crippen molar-refractivity contribution in [3.05, 3.63) is 0 Å². The zero-order valence-electron chi connectivity index (χ0n) is 9.46. The fraction of sp³-hybridized carbons (Fsp3) is 0.909. The van der Waals surface area contributed by atoms with Gasteiger partial charge in [-0.25, -0.2) is 0 Å². The second-order valence-electron chi connectivity index (χ2n) is 5.63. The van der Waals surface area contributed by atoms with Crippen LogP contribution in [-0.2, 0) is 9.53 Å². The predicted octanol–water partition coefficient (Wildman–Crippen LogP) is 1.77. The molecule has 2 aliphatic rings. The highest BCUT2D eigenvalue weighted by molar-refractivity contribution is 5.80. The first kappa shape index (κ1) is 9.97. The Morgan fingerprint density at radius 2 is 2.14 bits per heavy atom. The molecular formula is C11H19NO2. The Labute approximate surface area is 85.4 Å². The van der Waals surface area contributed by atoms with E-state index in [1.807, 2.05) is 11.8 Å². The van der Waals surface area contributed by atoms with Crippen LogP contribution in [0.15, 0.2) is 0 Å². The van der Waals surface area contributed by atoms with Crippen LogP contribution < -0.4 is 0 Å². The molecule has 2 rings (SSSR count). The Kier molecular flexibility index (Phi) is 1.94. The van der Waals surface area contributed by atoms with Crippen molar-refractivity contribution in [2.45, 2.75) is 52.3 Å². The van der Waals surface area contributed by atoms with Crippen molar-refractivity contribution in [1.29, 1.82) is 0 Å². The second-order valence-corrected chi connectivity index (χ2v) is 5.63. The Morgan fingerprint density at radius 1 is 1.50 bits per heavy atom. The van der Waals surface area contributed by atoms with Crippen molar-refractivity contribution in [2.75, 3.05) is 6.61 Å². The lowest BCUT2D eigenvalue weighted by molar-refractivity contribution is -0.138. The smallest absolute Gasteiger partial charge is 0.225 e. The molecule has 14 heavy (non-hydrogen) atoms. The van der Waals surface area contributed by atoms with Crippen LogP contribution in [0.25, 0.3) is 0 Å². The molecule has 2 unspecified atom stereocenters. The molecule has 2 heterocycles. The molecule has 2 atom stereocenters. The number of carbonyl (C=O) groups is 1. The third kappa shape index (κ3) is 1.26. The molecule has 2 saturated heterocycles. The number of hydrogen-bond acceptors (Lipinski definition) is 2. The van der Waals surface area contributed by atoms with Crippen molar-refractivity contribution in [3.8, 4) is 0 Å². The average Bonchev–Trinajstić information content (AvgIpc) is 2.49. The molecule has 0 aromatic heterocycles. The largest absolute Gasteiger partial charge is 0.354 e.